The summed E-state index contributed by atoms with van der Waals surface area (Å²) in [5.41, 5.74) is 4.48. The summed E-state index contributed by atoms with van der Waals surface area (Å²) in [7, 11) is 0. The molecular weight excluding hydrogens is 356 g/mol. The maximum Gasteiger partial charge on any atom is 0.240 e. The van der Waals surface area contributed by atoms with E-state index in [-0.39, 0.29) is 30.4 Å². The number of hydrazone groups is 1. The number of nitrogens with zero attached hydrogens (tertiary/aromatic N) is 2. The zero-order valence-electron chi connectivity index (χ0n) is 16.2. The van der Waals surface area contributed by atoms with Crippen LogP contribution in [-0.4, -0.2) is 36.2 Å². The molecule has 2 amide bonds. The van der Waals surface area contributed by atoms with E-state index in [4.69, 9.17) is 0 Å². The normalized spacial score (nSPS) is 10.6. The molecule has 2 aromatic rings. The van der Waals surface area contributed by atoms with Gasteiger partial charge in [0.1, 0.15) is 5.75 Å². The monoisotopic (exact) mass is 382 g/mol. The second kappa shape index (κ2) is 10.7. The minimum absolute atomic E-state index is 0.0168. The lowest BCUT2D eigenvalue weighted by atomic mass is 10.2. The van der Waals surface area contributed by atoms with Crippen molar-refractivity contribution in [1.29, 1.82) is 0 Å². The summed E-state index contributed by atoms with van der Waals surface area (Å²) in [5, 5.41) is 16.7. The van der Waals surface area contributed by atoms with Gasteiger partial charge in [-0.1, -0.05) is 18.2 Å². The van der Waals surface area contributed by atoms with Gasteiger partial charge in [0, 0.05) is 48.9 Å². The molecule has 7 nitrogen and oxygen atoms in total. The molecule has 0 radical (unpaired) electrons. The molecule has 0 spiro atoms. The number of benzene rings is 2. The number of anilines is 2. The van der Waals surface area contributed by atoms with Crippen molar-refractivity contribution >= 4 is 29.4 Å². The third-order valence-electron chi connectivity index (χ3n) is 4.17. The zero-order chi connectivity index (χ0) is 20.4. The van der Waals surface area contributed by atoms with Crippen LogP contribution in [-0.2, 0) is 9.59 Å². The average molecular weight is 382 g/mol. The number of hydrogen-bond acceptors (Lipinski definition) is 5. The van der Waals surface area contributed by atoms with Crippen molar-refractivity contribution in [2.75, 3.05) is 23.3 Å². The van der Waals surface area contributed by atoms with Crippen LogP contribution in [0.15, 0.2) is 53.6 Å². The summed E-state index contributed by atoms with van der Waals surface area (Å²) in [6, 6.07) is 14.4. The predicted octanol–water partition coefficient (Wildman–Crippen LogP) is 3.11. The second-order valence-electron chi connectivity index (χ2n) is 6.12. The standard InChI is InChI=1S/C21H26N4O3/c1-3-25(4-2)18-11-10-16(19(26)14-18)15-22-24-21(28)13-12-20(27)23-17-8-6-5-7-9-17/h5-11,14-15,26H,3-4,12-13H2,1-2H3,(H,23,27)(H,24,28)/b22-15-. The predicted molar refractivity (Wildman–Crippen MR) is 112 cm³/mol. The quantitative estimate of drug-likeness (QED) is 0.459. The number of hydrogen-bond donors (Lipinski definition) is 3. The molecule has 0 heterocycles. The van der Waals surface area contributed by atoms with E-state index in [9.17, 15) is 14.7 Å². The zero-order valence-corrected chi connectivity index (χ0v) is 16.2. The summed E-state index contributed by atoms with van der Waals surface area (Å²) in [6.45, 7) is 5.78. The lowest BCUT2D eigenvalue weighted by molar-refractivity contribution is -0.124. The summed E-state index contributed by atoms with van der Waals surface area (Å²) < 4.78 is 0. The van der Waals surface area contributed by atoms with Crippen LogP contribution in [0.2, 0.25) is 0 Å². The highest BCUT2D eigenvalue weighted by Crippen LogP contribution is 2.23. The van der Waals surface area contributed by atoms with Gasteiger partial charge in [0.2, 0.25) is 11.8 Å². The number of nitrogens with one attached hydrogen (secondary N) is 2. The van der Waals surface area contributed by atoms with Crippen molar-refractivity contribution in [3.8, 4) is 5.75 Å². The summed E-state index contributed by atoms with van der Waals surface area (Å²) in [6.07, 6.45) is 1.45. The number of aromatic hydroxyl groups is 1. The lowest BCUT2D eigenvalue weighted by Crippen LogP contribution is -2.21. The maximum atomic E-state index is 11.8. The van der Waals surface area contributed by atoms with Crippen molar-refractivity contribution in [3.63, 3.8) is 0 Å². The molecule has 0 unspecified atom stereocenters. The van der Waals surface area contributed by atoms with E-state index in [2.05, 4.69) is 20.7 Å². The van der Waals surface area contributed by atoms with Gasteiger partial charge in [-0.05, 0) is 38.1 Å². The third-order valence-corrected chi connectivity index (χ3v) is 4.17. The molecule has 2 aromatic carbocycles. The van der Waals surface area contributed by atoms with Crippen molar-refractivity contribution in [2.45, 2.75) is 26.7 Å². The van der Waals surface area contributed by atoms with E-state index >= 15 is 0 Å². The van der Waals surface area contributed by atoms with Gasteiger partial charge in [-0.3, -0.25) is 9.59 Å². The maximum absolute atomic E-state index is 11.8. The Morgan fingerprint density at radius 2 is 1.71 bits per heavy atom. The Morgan fingerprint density at radius 3 is 2.36 bits per heavy atom. The molecule has 0 saturated heterocycles. The smallest absolute Gasteiger partial charge is 0.240 e. The first-order valence-electron chi connectivity index (χ1n) is 9.28. The van der Waals surface area contributed by atoms with Crippen molar-refractivity contribution in [3.05, 3.63) is 54.1 Å². The Hall–Kier alpha value is -3.35. The van der Waals surface area contributed by atoms with Gasteiger partial charge in [0.05, 0.1) is 6.21 Å². The van der Waals surface area contributed by atoms with Crippen LogP contribution < -0.4 is 15.6 Å². The Bertz CT molecular complexity index is 818. The van der Waals surface area contributed by atoms with Crippen molar-refractivity contribution < 1.29 is 14.7 Å². The Kier molecular flexibility index (Phi) is 8.02. The van der Waals surface area contributed by atoms with Crippen molar-refractivity contribution in [1.82, 2.24) is 5.43 Å². The van der Waals surface area contributed by atoms with Crippen LogP contribution in [0.4, 0.5) is 11.4 Å². The molecule has 148 valence electrons. The fourth-order valence-corrected chi connectivity index (χ4v) is 2.63. The van der Waals surface area contributed by atoms with E-state index < -0.39 is 0 Å². The summed E-state index contributed by atoms with van der Waals surface area (Å²) >= 11 is 0. The molecule has 0 aromatic heterocycles. The average Bonchev–Trinajstić information content (AvgIpc) is 2.70. The first-order valence-corrected chi connectivity index (χ1v) is 9.28. The van der Waals surface area contributed by atoms with E-state index in [1.54, 1.807) is 24.3 Å². The number of carbonyl (C=O) groups is 2. The lowest BCUT2D eigenvalue weighted by Gasteiger charge is -2.21. The fraction of sp³-hybridized carbons (Fsp3) is 0.286. The fourth-order valence-electron chi connectivity index (χ4n) is 2.63. The number of amides is 2. The van der Waals surface area contributed by atoms with Gasteiger partial charge < -0.3 is 15.3 Å². The van der Waals surface area contributed by atoms with Gasteiger partial charge in [-0.25, -0.2) is 5.43 Å². The number of phenols is 1. The first-order chi connectivity index (χ1) is 13.5. The van der Waals surface area contributed by atoms with Gasteiger partial charge in [0.25, 0.3) is 0 Å². The largest absolute Gasteiger partial charge is 0.507 e. The van der Waals surface area contributed by atoms with E-state index in [1.807, 2.05) is 38.1 Å². The molecular formula is C21H26N4O3. The third kappa shape index (κ3) is 6.42. The molecule has 3 N–H and O–H groups in total. The minimum Gasteiger partial charge on any atom is -0.507 e. The number of carbonyl (C=O) groups excluding carboxylic acids is 2. The van der Waals surface area contributed by atoms with Crippen LogP contribution in [0.25, 0.3) is 0 Å². The number of rotatable bonds is 9. The van der Waals surface area contributed by atoms with Crippen molar-refractivity contribution in [2.24, 2.45) is 5.10 Å². The minimum atomic E-state index is -0.376. The second-order valence-corrected chi connectivity index (χ2v) is 6.12. The SMILES string of the molecule is CCN(CC)c1ccc(/C=N\NC(=O)CCC(=O)Nc2ccccc2)c(O)c1. The molecule has 0 aliphatic rings. The van der Waals surface area contributed by atoms with E-state index in [0.717, 1.165) is 18.8 Å². The van der Waals surface area contributed by atoms with E-state index in [1.165, 1.54) is 6.21 Å². The summed E-state index contributed by atoms with van der Waals surface area (Å²) in [5.74, 6) is -0.529. The number of phenolic OH excluding ortho intramolecular Hbond substituents is 1. The van der Waals surface area contributed by atoms with E-state index in [0.29, 0.717) is 11.3 Å². The van der Waals surface area contributed by atoms with Gasteiger partial charge >= 0.3 is 0 Å². The molecule has 2 rings (SSSR count). The topological polar surface area (TPSA) is 94.0 Å². The Labute approximate surface area is 165 Å². The molecule has 0 fully saturated rings. The van der Waals surface area contributed by atoms with Crippen LogP contribution >= 0.6 is 0 Å². The van der Waals surface area contributed by atoms with Gasteiger partial charge in [-0.15, -0.1) is 0 Å². The molecule has 28 heavy (non-hydrogen) atoms. The molecule has 0 aliphatic carbocycles. The molecule has 0 saturated carbocycles. The summed E-state index contributed by atoms with van der Waals surface area (Å²) in [4.78, 5) is 25.8. The highest BCUT2D eigenvalue weighted by Gasteiger charge is 2.08. The first kappa shape index (κ1) is 21.0. The molecule has 0 bridgehead atoms. The molecule has 7 heteroatoms. The van der Waals surface area contributed by atoms with Gasteiger partial charge in [0.15, 0.2) is 0 Å². The van der Waals surface area contributed by atoms with Crippen LogP contribution in [0.1, 0.15) is 32.3 Å². The highest BCUT2D eigenvalue weighted by atomic mass is 16.3. The molecule has 0 atom stereocenters. The Morgan fingerprint density at radius 1 is 1.04 bits per heavy atom. The van der Waals surface area contributed by atoms with Crippen LogP contribution in [0.3, 0.4) is 0 Å². The number of para-hydroxylation sites is 1. The Balaban J connectivity index is 1.80. The molecule has 0 aliphatic heterocycles. The highest BCUT2D eigenvalue weighted by molar-refractivity contribution is 5.93. The van der Waals surface area contributed by atoms with Crippen LogP contribution in [0, 0.1) is 0 Å². The van der Waals surface area contributed by atoms with Gasteiger partial charge in [-0.2, -0.15) is 5.10 Å². The van der Waals surface area contributed by atoms with Crippen LogP contribution in [0.5, 0.6) is 5.75 Å².